The molecule has 0 unspecified atom stereocenters. The number of anilines is 2. The van der Waals surface area contributed by atoms with Crippen LogP contribution in [0.5, 0.6) is 5.75 Å². The molecule has 2 aromatic carbocycles. The van der Waals surface area contributed by atoms with E-state index in [1.54, 1.807) is 7.11 Å². The molecule has 2 N–H and O–H groups in total. The SMILES string of the molecule is COc1ccc(-c2csc(NC(=O)CSc3ccc(NC(=O)CC(C)(C)C)cc3)n2)cc1. The fourth-order valence-corrected chi connectivity index (χ4v) is 4.29. The molecule has 1 heterocycles. The second kappa shape index (κ2) is 10.7. The lowest BCUT2D eigenvalue weighted by Crippen LogP contribution is -2.19. The molecule has 32 heavy (non-hydrogen) atoms. The van der Waals surface area contributed by atoms with Crippen molar-refractivity contribution < 1.29 is 14.3 Å². The highest BCUT2D eigenvalue weighted by Crippen LogP contribution is 2.27. The molecule has 0 saturated carbocycles. The van der Waals surface area contributed by atoms with Crippen LogP contribution in [-0.4, -0.2) is 29.7 Å². The van der Waals surface area contributed by atoms with Crippen LogP contribution in [-0.2, 0) is 9.59 Å². The number of hydrogen-bond donors (Lipinski definition) is 2. The number of ether oxygens (including phenoxy) is 1. The third-order valence-electron chi connectivity index (χ3n) is 4.34. The summed E-state index contributed by atoms with van der Waals surface area (Å²) in [5, 5.41) is 8.24. The van der Waals surface area contributed by atoms with E-state index in [2.05, 4.69) is 15.6 Å². The lowest BCUT2D eigenvalue weighted by atomic mass is 9.92. The number of nitrogens with zero attached hydrogens (tertiary/aromatic N) is 1. The fourth-order valence-electron chi connectivity index (χ4n) is 2.85. The summed E-state index contributed by atoms with van der Waals surface area (Å²) in [5.41, 5.74) is 2.47. The van der Waals surface area contributed by atoms with Gasteiger partial charge in [0, 0.05) is 27.9 Å². The number of benzene rings is 2. The highest BCUT2D eigenvalue weighted by Gasteiger charge is 2.16. The Kier molecular flexibility index (Phi) is 7.93. The third-order valence-corrected chi connectivity index (χ3v) is 6.10. The van der Waals surface area contributed by atoms with E-state index < -0.39 is 0 Å². The zero-order valence-electron chi connectivity index (χ0n) is 18.6. The highest BCUT2D eigenvalue weighted by atomic mass is 32.2. The fraction of sp³-hybridized carbons (Fsp3) is 0.292. The van der Waals surface area contributed by atoms with E-state index in [1.807, 2.05) is 74.7 Å². The van der Waals surface area contributed by atoms with Gasteiger partial charge in [0.1, 0.15) is 5.75 Å². The van der Waals surface area contributed by atoms with Crippen LogP contribution in [0.4, 0.5) is 10.8 Å². The molecule has 0 aliphatic heterocycles. The van der Waals surface area contributed by atoms with Gasteiger partial charge in [-0.15, -0.1) is 23.1 Å². The molecule has 0 bridgehead atoms. The second-order valence-corrected chi connectivity index (χ2v) is 10.3. The number of aromatic nitrogens is 1. The lowest BCUT2D eigenvalue weighted by molar-refractivity contribution is -0.118. The van der Waals surface area contributed by atoms with Crippen molar-refractivity contribution in [3.8, 4) is 17.0 Å². The van der Waals surface area contributed by atoms with Crippen molar-refractivity contribution in [1.29, 1.82) is 0 Å². The molecule has 0 spiro atoms. The smallest absolute Gasteiger partial charge is 0.236 e. The van der Waals surface area contributed by atoms with Gasteiger partial charge in [-0.25, -0.2) is 4.98 Å². The average molecular weight is 470 g/mol. The van der Waals surface area contributed by atoms with Crippen LogP contribution in [0.15, 0.2) is 58.8 Å². The van der Waals surface area contributed by atoms with Crippen molar-refractivity contribution >= 4 is 45.7 Å². The van der Waals surface area contributed by atoms with Crippen LogP contribution in [0.1, 0.15) is 27.2 Å². The summed E-state index contributed by atoms with van der Waals surface area (Å²) in [6.07, 6.45) is 0.459. The summed E-state index contributed by atoms with van der Waals surface area (Å²) >= 11 is 2.82. The largest absolute Gasteiger partial charge is 0.497 e. The molecule has 0 saturated heterocycles. The summed E-state index contributed by atoms with van der Waals surface area (Å²) in [7, 11) is 1.63. The maximum Gasteiger partial charge on any atom is 0.236 e. The van der Waals surface area contributed by atoms with E-state index in [4.69, 9.17) is 4.74 Å². The van der Waals surface area contributed by atoms with Crippen LogP contribution in [0.2, 0.25) is 0 Å². The monoisotopic (exact) mass is 469 g/mol. The first-order valence-electron chi connectivity index (χ1n) is 10.1. The van der Waals surface area contributed by atoms with Crippen molar-refractivity contribution in [2.75, 3.05) is 23.5 Å². The first-order chi connectivity index (χ1) is 15.2. The zero-order chi connectivity index (χ0) is 23.1. The van der Waals surface area contributed by atoms with Gasteiger partial charge in [0.15, 0.2) is 5.13 Å². The van der Waals surface area contributed by atoms with Crippen molar-refractivity contribution in [2.24, 2.45) is 5.41 Å². The molecule has 0 aliphatic rings. The lowest BCUT2D eigenvalue weighted by Gasteiger charge is -2.17. The average Bonchev–Trinajstić information content (AvgIpc) is 3.20. The molecule has 0 fully saturated rings. The Morgan fingerprint density at radius 1 is 1.00 bits per heavy atom. The number of rotatable bonds is 8. The Hall–Kier alpha value is -2.84. The van der Waals surface area contributed by atoms with Gasteiger partial charge in [0.25, 0.3) is 0 Å². The second-order valence-electron chi connectivity index (χ2n) is 8.41. The summed E-state index contributed by atoms with van der Waals surface area (Å²) < 4.78 is 5.17. The zero-order valence-corrected chi connectivity index (χ0v) is 20.2. The molecule has 0 aliphatic carbocycles. The summed E-state index contributed by atoms with van der Waals surface area (Å²) in [4.78, 5) is 29.8. The number of thiazole rings is 1. The number of hydrogen-bond acceptors (Lipinski definition) is 6. The molecule has 6 nitrogen and oxygen atoms in total. The molecule has 3 rings (SSSR count). The number of methoxy groups -OCH3 is 1. The van der Waals surface area contributed by atoms with Gasteiger partial charge < -0.3 is 15.4 Å². The van der Waals surface area contributed by atoms with E-state index in [1.165, 1.54) is 23.1 Å². The molecule has 0 radical (unpaired) electrons. The molecule has 1 aromatic heterocycles. The van der Waals surface area contributed by atoms with E-state index in [0.717, 1.165) is 27.6 Å². The van der Waals surface area contributed by atoms with E-state index in [-0.39, 0.29) is 23.0 Å². The standard InChI is InChI=1S/C24H27N3O3S2/c1-24(2,3)13-21(28)25-17-7-11-19(12-8-17)31-15-22(29)27-23-26-20(14-32-23)16-5-9-18(30-4)10-6-16/h5-12,14H,13,15H2,1-4H3,(H,25,28)(H,26,27,29). The molecule has 168 valence electrons. The molecule has 3 aromatic rings. The van der Waals surface area contributed by atoms with E-state index >= 15 is 0 Å². The van der Waals surface area contributed by atoms with Crippen molar-refractivity contribution in [3.05, 3.63) is 53.9 Å². The van der Waals surface area contributed by atoms with Crippen molar-refractivity contribution in [3.63, 3.8) is 0 Å². The van der Waals surface area contributed by atoms with Crippen LogP contribution in [0, 0.1) is 5.41 Å². The van der Waals surface area contributed by atoms with Gasteiger partial charge in [-0.05, 0) is 53.9 Å². The number of nitrogens with one attached hydrogen (secondary N) is 2. The van der Waals surface area contributed by atoms with Gasteiger partial charge in [0.05, 0.1) is 18.6 Å². The van der Waals surface area contributed by atoms with Gasteiger partial charge in [0.2, 0.25) is 11.8 Å². The Morgan fingerprint density at radius 2 is 1.69 bits per heavy atom. The minimum Gasteiger partial charge on any atom is -0.497 e. The molecule has 0 atom stereocenters. The molecular formula is C24H27N3O3S2. The topological polar surface area (TPSA) is 80.3 Å². The van der Waals surface area contributed by atoms with E-state index in [0.29, 0.717) is 11.6 Å². The van der Waals surface area contributed by atoms with Crippen molar-refractivity contribution in [1.82, 2.24) is 4.98 Å². The molecule has 8 heteroatoms. The maximum absolute atomic E-state index is 12.3. The van der Waals surface area contributed by atoms with Crippen LogP contribution >= 0.6 is 23.1 Å². The minimum atomic E-state index is -0.117. The Balaban J connectivity index is 1.47. The normalized spacial score (nSPS) is 11.1. The number of thioether (sulfide) groups is 1. The molecular weight excluding hydrogens is 442 g/mol. The van der Waals surface area contributed by atoms with Gasteiger partial charge in [-0.2, -0.15) is 0 Å². The predicted octanol–water partition coefficient (Wildman–Crippen LogP) is 5.92. The molecule has 2 amide bonds. The van der Waals surface area contributed by atoms with Crippen molar-refractivity contribution in [2.45, 2.75) is 32.1 Å². The first kappa shape index (κ1) is 23.8. The number of carbonyl (C=O) groups is 2. The highest BCUT2D eigenvalue weighted by molar-refractivity contribution is 8.00. The summed E-state index contributed by atoms with van der Waals surface area (Å²) in [6, 6.07) is 15.1. The minimum absolute atomic E-state index is 0.00487. The summed E-state index contributed by atoms with van der Waals surface area (Å²) in [5.74, 6) is 0.936. The Labute approximate surface area is 196 Å². The number of amides is 2. The number of carbonyl (C=O) groups excluding carboxylic acids is 2. The third kappa shape index (κ3) is 7.39. The first-order valence-corrected chi connectivity index (χ1v) is 12.0. The van der Waals surface area contributed by atoms with E-state index in [9.17, 15) is 9.59 Å². The maximum atomic E-state index is 12.3. The Morgan fingerprint density at radius 3 is 2.31 bits per heavy atom. The van der Waals surface area contributed by atoms with Crippen LogP contribution in [0.3, 0.4) is 0 Å². The Bertz CT molecular complexity index is 1060. The van der Waals surface area contributed by atoms with Crippen LogP contribution < -0.4 is 15.4 Å². The van der Waals surface area contributed by atoms with Gasteiger partial charge >= 0.3 is 0 Å². The van der Waals surface area contributed by atoms with Gasteiger partial charge in [-0.1, -0.05) is 20.8 Å². The quantitative estimate of drug-likeness (QED) is 0.400. The predicted molar refractivity (Wildman–Crippen MR) is 133 cm³/mol. The summed E-state index contributed by atoms with van der Waals surface area (Å²) in [6.45, 7) is 6.09. The van der Waals surface area contributed by atoms with Gasteiger partial charge in [-0.3, -0.25) is 9.59 Å². The van der Waals surface area contributed by atoms with Crippen LogP contribution in [0.25, 0.3) is 11.3 Å².